The van der Waals surface area contributed by atoms with Crippen molar-refractivity contribution in [1.82, 2.24) is 0 Å². The first-order valence-electron chi connectivity index (χ1n) is 9.11. The summed E-state index contributed by atoms with van der Waals surface area (Å²) in [6.07, 6.45) is 0.129. The number of carbonyl (C=O) groups excluding carboxylic acids is 1. The van der Waals surface area contributed by atoms with E-state index in [0.29, 0.717) is 26.6 Å². The molecule has 0 N–H and O–H groups in total. The van der Waals surface area contributed by atoms with E-state index in [1.54, 1.807) is 42.3 Å². The fourth-order valence-electron chi connectivity index (χ4n) is 3.59. The van der Waals surface area contributed by atoms with Crippen LogP contribution in [0, 0.1) is 0 Å². The Balaban J connectivity index is 1.63. The Kier molecular flexibility index (Phi) is 6.03. The summed E-state index contributed by atoms with van der Waals surface area (Å²) in [7, 11) is -1.58. The molecule has 0 aliphatic carbocycles. The highest BCUT2D eigenvalue weighted by Crippen LogP contribution is 2.43. The fraction of sp³-hybridized carbons (Fsp3) is 0.300. The second-order valence-corrected chi connectivity index (χ2v) is 11.3. The first-order chi connectivity index (χ1) is 14.3. The highest BCUT2D eigenvalue weighted by Gasteiger charge is 2.49. The lowest BCUT2D eigenvalue weighted by Crippen LogP contribution is -2.38. The van der Waals surface area contributed by atoms with Crippen molar-refractivity contribution in [2.24, 2.45) is 4.99 Å². The molecule has 4 rings (SSSR count). The molecule has 2 heterocycles. The van der Waals surface area contributed by atoms with Gasteiger partial charge in [-0.1, -0.05) is 47.1 Å². The van der Waals surface area contributed by atoms with Crippen LogP contribution in [0.15, 0.2) is 47.5 Å². The van der Waals surface area contributed by atoms with Gasteiger partial charge in [-0.15, -0.1) is 0 Å². The summed E-state index contributed by atoms with van der Waals surface area (Å²) < 4.78 is 29.5. The molecular weight excluding hydrogens is 467 g/mol. The molecule has 30 heavy (non-hydrogen) atoms. The van der Waals surface area contributed by atoms with Crippen LogP contribution in [-0.4, -0.2) is 49.4 Å². The average Bonchev–Trinajstić information content (AvgIpc) is 3.13. The molecule has 1 amide bonds. The molecule has 6 nitrogen and oxygen atoms in total. The number of methoxy groups -OCH3 is 1. The number of halogens is 2. The van der Waals surface area contributed by atoms with Crippen molar-refractivity contribution in [3.05, 3.63) is 58.1 Å². The average molecular weight is 485 g/mol. The van der Waals surface area contributed by atoms with E-state index >= 15 is 0 Å². The molecule has 0 saturated carbocycles. The molecule has 0 aromatic heterocycles. The number of hydrogen-bond acceptors (Lipinski definition) is 5. The number of carbonyl (C=O) groups is 1. The lowest BCUT2D eigenvalue weighted by atomic mass is 10.1. The third-order valence-electron chi connectivity index (χ3n) is 4.97. The van der Waals surface area contributed by atoms with Crippen LogP contribution in [0.1, 0.15) is 5.56 Å². The van der Waals surface area contributed by atoms with Gasteiger partial charge in [0.25, 0.3) is 5.91 Å². The summed E-state index contributed by atoms with van der Waals surface area (Å²) in [5.74, 6) is 0.437. The van der Waals surface area contributed by atoms with Crippen molar-refractivity contribution in [2.75, 3.05) is 23.5 Å². The van der Waals surface area contributed by atoms with E-state index in [-0.39, 0.29) is 35.1 Å². The van der Waals surface area contributed by atoms with Crippen LogP contribution >= 0.6 is 35.0 Å². The Hall–Kier alpha value is -1.74. The summed E-state index contributed by atoms with van der Waals surface area (Å²) in [6.45, 7) is 0. The van der Waals surface area contributed by atoms with E-state index in [2.05, 4.69) is 4.99 Å². The van der Waals surface area contributed by atoms with Crippen molar-refractivity contribution in [1.29, 1.82) is 0 Å². The Morgan fingerprint density at radius 2 is 1.93 bits per heavy atom. The lowest BCUT2D eigenvalue weighted by molar-refractivity contribution is -0.117. The molecule has 2 aromatic carbocycles. The van der Waals surface area contributed by atoms with Gasteiger partial charge in [0.2, 0.25) is 0 Å². The molecule has 2 saturated heterocycles. The number of aliphatic imine (C=N–C) groups is 1. The molecule has 2 aliphatic rings. The van der Waals surface area contributed by atoms with Gasteiger partial charge < -0.3 is 9.64 Å². The van der Waals surface area contributed by atoms with E-state index in [4.69, 9.17) is 27.9 Å². The Labute approximate surface area is 189 Å². The van der Waals surface area contributed by atoms with Gasteiger partial charge in [-0.25, -0.2) is 8.42 Å². The number of rotatable bonds is 4. The van der Waals surface area contributed by atoms with Crippen LogP contribution in [-0.2, 0) is 21.1 Å². The number of fused-ring (bicyclic) bond motifs is 1. The van der Waals surface area contributed by atoms with Crippen molar-refractivity contribution in [2.45, 2.75) is 17.7 Å². The summed E-state index contributed by atoms with van der Waals surface area (Å²) >= 11 is 13.7. The molecule has 2 atom stereocenters. The number of amidine groups is 1. The van der Waals surface area contributed by atoms with Gasteiger partial charge in [-0.05, 0) is 35.9 Å². The number of anilines is 1. The van der Waals surface area contributed by atoms with Gasteiger partial charge in [0.15, 0.2) is 15.0 Å². The van der Waals surface area contributed by atoms with Crippen molar-refractivity contribution < 1.29 is 17.9 Å². The minimum atomic E-state index is -3.16. The smallest absolute Gasteiger partial charge is 0.252 e. The standard InChI is InChI=1S/C20H18Cl2N2O4S2/c1-28-14-5-2-12(3-6-14)8-19(25)23-20-24(16-7-4-13(21)9-15(16)22)17-10-30(26,27)11-18(17)29-20/h2-7,9,17-18H,8,10-11H2,1H3/t17-,18+/m1/s1. The van der Waals surface area contributed by atoms with Gasteiger partial charge in [0.1, 0.15) is 5.75 Å². The summed E-state index contributed by atoms with van der Waals surface area (Å²) in [5, 5.41) is 1.11. The third kappa shape index (κ3) is 4.46. The molecular formula is C20H18Cl2N2O4S2. The maximum atomic E-state index is 12.7. The fourth-order valence-corrected chi connectivity index (χ4v) is 8.01. The topological polar surface area (TPSA) is 76.0 Å². The van der Waals surface area contributed by atoms with E-state index in [1.165, 1.54) is 11.8 Å². The first kappa shape index (κ1) is 21.5. The second-order valence-electron chi connectivity index (χ2n) is 7.08. The zero-order chi connectivity index (χ0) is 21.5. The second kappa shape index (κ2) is 8.42. The highest BCUT2D eigenvalue weighted by atomic mass is 35.5. The molecule has 10 heteroatoms. The predicted molar refractivity (Wildman–Crippen MR) is 122 cm³/mol. The van der Waals surface area contributed by atoms with Crippen LogP contribution in [0.25, 0.3) is 0 Å². The number of amides is 1. The van der Waals surface area contributed by atoms with E-state index in [0.717, 1.165) is 5.56 Å². The van der Waals surface area contributed by atoms with E-state index in [9.17, 15) is 13.2 Å². The summed E-state index contributed by atoms with van der Waals surface area (Å²) in [6, 6.07) is 11.9. The lowest BCUT2D eigenvalue weighted by Gasteiger charge is -2.25. The quantitative estimate of drug-likeness (QED) is 0.655. The summed E-state index contributed by atoms with van der Waals surface area (Å²) in [5.41, 5.74) is 1.40. The third-order valence-corrected chi connectivity index (χ3v) is 8.72. The number of sulfone groups is 1. The Morgan fingerprint density at radius 1 is 1.20 bits per heavy atom. The minimum Gasteiger partial charge on any atom is -0.497 e. The number of nitrogens with zero attached hydrogens (tertiary/aromatic N) is 2. The van der Waals surface area contributed by atoms with Gasteiger partial charge >= 0.3 is 0 Å². The Morgan fingerprint density at radius 3 is 2.60 bits per heavy atom. The van der Waals surface area contributed by atoms with Gasteiger partial charge in [0, 0.05) is 10.3 Å². The van der Waals surface area contributed by atoms with Gasteiger partial charge in [0.05, 0.1) is 41.8 Å². The molecule has 0 spiro atoms. The predicted octanol–water partition coefficient (Wildman–Crippen LogP) is 3.85. The Bertz CT molecular complexity index is 1120. The van der Waals surface area contributed by atoms with Crippen molar-refractivity contribution >= 4 is 61.6 Å². The summed E-state index contributed by atoms with van der Waals surface area (Å²) in [4.78, 5) is 18.7. The van der Waals surface area contributed by atoms with Crippen LogP contribution in [0.5, 0.6) is 5.75 Å². The maximum Gasteiger partial charge on any atom is 0.252 e. The van der Waals surface area contributed by atoms with Gasteiger partial charge in [-0.2, -0.15) is 4.99 Å². The van der Waals surface area contributed by atoms with Crippen LogP contribution in [0.4, 0.5) is 5.69 Å². The first-order valence-corrected chi connectivity index (χ1v) is 12.6. The zero-order valence-electron chi connectivity index (χ0n) is 15.9. The number of hydrogen-bond donors (Lipinski definition) is 0. The SMILES string of the molecule is COc1ccc(CC(=O)N=C2S[C@H]3CS(=O)(=O)C[C@H]3N2c2ccc(Cl)cc2Cl)cc1. The number of ether oxygens (including phenoxy) is 1. The highest BCUT2D eigenvalue weighted by molar-refractivity contribution is 8.16. The molecule has 2 fully saturated rings. The maximum absolute atomic E-state index is 12.7. The molecule has 0 bridgehead atoms. The number of thioether (sulfide) groups is 1. The van der Waals surface area contributed by atoms with Crippen molar-refractivity contribution in [3.8, 4) is 5.75 Å². The van der Waals surface area contributed by atoms with Crippen molar-refractivity contribution in [3.63, 3.8) is 0 Å². The molecule has 158 valence electrons. The largest absolute Gasteiger partial charge is 0.497 e. The number of benzene rings is 2. The van der Waals surface area contributed by atoms with Gasteiger partial charge in [-0.3, -0.25) is 4.79 Å². The van der Waals surface area contributed by atoms with Crippen LogP contribution in [0.3, 0.4) is 0 Å². The van der Waals surface area contributed by atoms with E-state index in [1.807, 2.05) is 12.1 Å². The molecule has 2 aliphatic heterocycles. The molecule has 0 radical (unpaired) electrons. The molecule has 2 aromatic rings. The minimum absolute atomic E-state index is 0.00465. The normalized spacial score (nSPS) is 23.6. The zero-order valence-corrected chi connectivity index (χ0v) is 19.1. The molecule has 0 unspecified atom stereocenters. The van der Waals surface area contributed by atoms with Crippen LogP contribution in [0.2, 0.25) is 10.0 Å². The van der Waals surface area contributed by atoms with E-state index < -0.39 is 9.84 Å². The van der Waals surface area contributed by atoms with Crippen LogP contribution < -0.4 is 9.64 Å². The monoisotopic (exact) mass is 484 g/mol.